The Balaban J connectivity index is 1.89. The topological polar surface area (TPSA) is 78.5 Å². The smallest absolute Gasteiger partial charge is 0.251 e. The summed E-state index contributed by atoms with van der Waals surface area (Å²) in [4.78, 5) is 14.0. The van der Waals surface area contributed by atoms with Gasteiger partial charge in [0.25, 0.3) is 5.91 Å². The van der Waals surface area contributed by atoms with Crippen LogP contribution in [0.2, 0.25) is 0 Å². The summed E-state index contributed by atoms with van der Waals surface area (Å²) in [5.74, 6) is -0.233. The zero-order valence-corrected chi connectivity index (χ0v) is 14.4. The Bertz CT molecular complexity index is 606. The van der Waals surface area contributed by atoms with Gasteiger partial charge in [0.15, 0.2) is 0 Å². The Hall–Kier alpha value is -1.44. The van der Waals surface area contributed by atoms with E-state index in [1.165, 1.54) is 57.0 Å². The molecule has 0 bridgehead atoms. The zero-order chi connectivity index (χ0) is 16.7. The molecule has 1 heterocycles. The number of sulfonamides is 1. The first-order valence-electron chi connectivity index (χ1n) is 8.07. The lowest BCUT2D eigenvalue weighted by molar-refractivity contribution is 0.0963. The number of hydrogen-bond acceptors (Lipinski definition) is 4. The third-order valence-corrected chi connectivity index (χ3v) is 5.55. The van der Waals surface area contributed by atoms with Crippen LogP contribution < -0.4 is 10.0 Å². The molecule has 0 aliphatic carbocycles. The van der Waals surface area contributed by atoms with Gasteiger partial charge in [0, 0.05) is 25.7 Å². The predicted octanol–water partition coefficient (Wildman–Crippen LogP) is 1.20. The number of amides is 1. The number of likely N-dealkylation sites (tertiary alicyclic amines) is 1. The lowest BCUT2D eigenvalue weighted by Gasteiger charge is -2.19. The first-order valence-corrected chi connectivity index (χ1v) is 9.55. The molecule has 2 rings (SSSR count). The molecule has 23 heavy (non-hydrogen) atoms. The molecule has 1 saturated heterocycles. The number of nitrogens with zero attached hydrogens (tertiary/aromatic N) is 1. The summed E-state index contributed by atoms with van der Waals surface area (Å²) in [6, 6.07) is 5.95. The van der Waals surface area contributed by atoms with Gasteiger partial charge in [0.2, 0.25) is 10.0 Å². The molecule has 1 aliphatic rings. The van der Waals surface area contributed by atoms with Crippen molar-refractivity contribution >= 4 is 15.9 Å². The highest BCUT2D eigenvalue weighted by Gasteiger charge is 2.15. The third-order valence-electron chi connectivity index (χ3n) is 4.07. The fourth-order valence-corrected chi connectivity index (χ4v) is 3.73. The van der Waals surface area contributed by atoms with E-state index in [0.717, 1.165) is 19.6 Å². The van der Waals surface area contributed by atoms with E-state index in [1.54, 1.807) is 0 Å². The van der Waals surface area contributed by atoms with E-state index in [2.05, 4.69) is 14.9 Å². The molecular formula is C16H25N3O3S. The Morgan fingerprint density at radius 1 is 1.09 bits per heavy atom. The van der Waals surface area contributed by atoms with Crippen molar-refractivity contribution in [2.24, 2.45) is 0 Å². The van der Waals surface area contributed by atoms with E-state index in [1.807, 2.05) is 0 Å². The fourth-order valence-electron chi connectivity index (χ4n) is 2.71. The van der Waals surface area contributed by atoms with Crippen molar-refractivity contribution in [2.45, 2.75) is 30.6 Å². The zero-order valence-electron chi connectivity index (χ0n) is 13.5. The quantitative estimate of drug-likeness (QED) is 0.816. The van der Waals surface area contributed by atoms with Crippen molar-refractivity contribution in [3.63, 3.8) is 0 Å². The van der Waals surface area contributed by atoms with Crippen LogP contribution in [0.15, 0.2) is 29.2 Å². The van der Waals surface area contributed by atoms with Gasteiger partial charge in [-0.1, -0.05) is 12.8 Å². The molecule has 1 fully saturated rings. The number of nitrogens with one attached hydrogen (secondary N) is 2. The van der Waals surface area contributed by atoms with E-state index in [4.69, 9.17) is 0 Å². The normalized spacial score (nSPS) is 16.7. The standard InChI is InChI=1S/C16H25N3O3S/c1-17-16(20)14-6-8-15(9-7-14)23(21,22)18-10-13-19-11-4-2-3-5-12-19/h6-9,18H,2-5,10-13H2,1H3,(H,17,20). The molecular weight excluding hydrogens is 314 g/mol. The van der Waals surface area contributed by atoms with Crippen molar-refractivity contribution in [3.05, 3.63) is 29.8 Å². The third kappa shape index (κ3) is 5.30. The van der Waals surface area contributed by atoms with Gasteiger partial charge >= 0.3 is 0 Å². The molecule has 128 valence electrons. The average molecular weight is 339 g/mol. The van der Waals surface area contributed by atoms with Gasteiger partial charge in [-0.2, -0.15) is 0 Å². The lowest BCUT2D eigenvalue weighted by atomic mass is 10.2. The van der Waals surface area contributed by atoms with E-state index in [0.29, 0.717) is 12.1 Å². The molecule has 1 amide bonds. The molecule has 6 nitrogen and oxygen atoms in total. The number of carbonyl (C=O) groups excluding carboxylic acids is 1. The monoisotopic (exact) mass is 339 g/mol. The summed E-state index contributed by atoms with van der Waals surface area (Å²) >= 11 is 0. The van der Waals surface area contributed by atoms with Gasteiger partial charge in [0.1, 0.15) is 0 Å². The summed E-state index contributed by atoms with van der Waals surface area (Å²) < 4.78 is 27.2. The molecule has 1 aromatic carbocycles. The minimum absolute atomic E-state index is 0.181. The Morgan fingerprint density at radius 2 is 1.70 bits per heavy atom. The van der Waals surface area contributed by atoms with E-state index in [9.17, 15) is 13.2 Å². The second kappa shape index (κ2) is 8.42. The van der Waals surface area contributed by atoms with Gasteiger partial charge in [-0.05, 0) is 50.2 Å². The van der Waals surface area contributed by atoms with Gasteiger partial charge < -0.3 is 10.2 Å². The van der Waals surface area contributed by atoms with Crippen molar-refractivity contribution in [1.29, 1.82) is 0 Å². The summed E-state index contributed by atoms with van der Waals surface area (Å²) in [6.45, 7) is 3.22. The molecule has 0 saturated carbocycles. The van der Waals surface area contributed by atoms with Crippen LogP contribution in [0.5, 0.6) is 0 Å². The minimum Gasteiger partial charge on any atom is -0.355 e. The van der Waals surface area contributed by atoms with Crippen LogP contribution in [0, 0.1) is 0 Å². The summed E-state index contributed by atoms with van der Waals surface area (Å²) in [5.41, 5.74) is 0.441. The van der Waals surface area contributed by atoms with Gasteiger partial charge in [0.05, 0.1) is 4.90 Å². The Kier molecular flexibility index (Phi) is 6.56. The van der Waals surface area contributed by atoms with Crippen LogP contribution in [-0.4, -0.2) is 52.5 Å². The second-order valence-corrected chi connectivity index (χ2v) is 7.52. The van der Waals surface area contributed by atoms with E-state index < -0.39 is 10.0 Å². The van der Waals surface area contributed by atoms with Gasteiger partial charge in [-0.3, -0.25) is 4.79 Å². The molecule has 0 radical (unpaired) electrons. The minimum atomic E-state index is -3.53. The highest BCUT2D eigenvalue weighted by Crippen LogP contribution is 2.11. The summed E-state index contributed by atoms with van der Waals surface area (Å²) in [6.07, 6.45) is 4.90. The number of rotatable bonds is 6. The van der Waals surface area contributed by atoms with Crippen molar-refractivity contribution < 1.29 is 13.2 Å². The first-order chi connectivity index (χ1) is 11.0. The summed E-state index contributed by atoms with van der Waals surface area (Å²) in [5, 5.41) is 2.51. The molecule has 0 unspecified atom stereocenters. The maximum atomic E-state index is 12.3. The van der Waals surface area contributed by atoms with Crippen molar-refractivity contribution in [3.8, 4) is 0 Å². The number of carbonyl (C=O) groups is 1. The highest BCUT2D eigenvalue weighted by atomic mass is 32.2. The summed E-state index contributed by atoms with van der Waals surface area (Å²) in [7, 11) is -1.99. The lowest BCUT2D eigenvalue weighted by Crippen LogP contribution is -2.35. The van der Waals surface area contributed by atoms with Crippen LogP contribution in [-0.2, 0) is 10.0 Å². The van der Waals surface area contributed by atoms with Crippen molar-refractivity contribution in [1.82, 2.24) is 14.9 Å². The first kappa shape index (κ1) is 17.9. The second-order valence-electron chi connectivity index (χ2n) is 5.76. The highest BCUT2D eigenvalue weighted by molar-refractivity contribution is 7.89. The maximum Gasteiger partial charge on any atom is 0.251 e. The molecule has 1 aliphatic heterocycles. The van der Waals surface area contributed by atoms with Crippen LogP contribution in [0.3, 0.4) is 0 Å². The molecule has 1 aromatic rings. The largest absolute Gasteiger partial charge is 0.355 e. The van der Waals surface area contributed by atoms with Crippen LogP contribution >= 0.6 is 0 Å². The van der Waals surface area contributed by atoms with Gasteiger partial charge in [-0.15, -0.1) is 0 Å². The molecule has 0 aromatic heterocycles. The molecule has 0 spiro atoms. The Labute approximate surface area is 138 Å². The van der Waals surface area contributed by atoms with Gasteiger partial charge in [-0.25, -0.2) is 13.1 Å². The van der Waals surface area contributed by atoms with Crippen LogP contribution in [0.25, 0.3) is 0 Å². The molecule has 7 heteroatoms. The number of benzene rings is 1. The van der Waals surface area contributed by atoms with E-state index in [-0.39, 0.29) is 10.8 Å². The molecule has 0 atom stereocenters. The van der Waals surface area contributed by atoms with Crippen LogP contribution in [0.4, 0.5) is 0 Å². The SMILES string of the molecule is CNC(=O)c1ccc(S(=O)(=O)NCCN2CCCCCC2)cc1. The molecule has 2 N–H and O–H groups in total. The van der Waals surface area contributed by atoms with Crippen molar-refractivity contribution in [2.75, 3.05) is 33.2 Å². The number of hydrogen-bond donors (Lipinski definition) is 2. The van der Waals surface area contributed by atoms with E-state index >= 15 is 0 Å². The maximum absolute atomic E-state index is 12.3. The predicted molar refractivity (Wildman–Crippen MR) is 89.9 cm³/mol. The Morgan fingerprint density at radius 3 is 2.26 bits per heavy atom. The van der Waals surface area contributed by atoms with Crippen LogP contribution in [0.1, 0.15) is 36.0 Å². The fraction of sp³-hybridized carbons (Fsp3) is 0.562. The average Bonchev–Trinajstić information content (AvgIpc) is 2.83.